The van der Waals surface area contributed by atoms with Crippen LogP contribution in [0.25, 0.3) is 0 Å². The van der Waals surface area contributed by atoms with Gasteiger partial charge in [0.1, 0.15) is 0 Å². The number of nitrogens with one attached hydrogen (secondary N) is 1. The molecule has 3 nitrogen and oxygen atoms in total. The maximum absolute atomic E-state index is 4.66. The fourth-order valence-electron chi connectivity index (χ4n) is 2.40. The summed E-state index contributed by atoms with van der Waals surface area (Å²) in [6.07, 6.45) is 1.14. The third-order valence-electron chi connectivity index (χ3n) is 3.23. The van der Waals surface area contributed by atoms with Gasteiger partial charge >= 0.3 is 0 Å². The Hall–Kier alpha value is -0.350. The van der Waals surface area contributed by atoms with Crippen molar-refractivity contribution in [2.24, 2.45) is 0 Å². The van der Waals surface area contributed by atoms with Crippen LogP contribution in [0.3, 0.4) is 0 Å². The van der Waals surface area contributed by atoms with E-state index in [4.69, 9.17) is 0 Å². The van der Waals surface area contributed by atoms with Gasteiger partial charge in [-0.25, -0.2) is 0 Å². The summed E-state index contributed by atoms with van der Waals surface area (Å²) >= 11 is 0. The molecule has 1 fully saturated rings. The van der Waals surface area contributed by atoms with Crippen LogP contribution in [0, 0.1) is 6.92 Å². The average Bonchev–Trinajstić information content (AvgIpc) is 2.31. The lowest BCUT2D eigenvalue weighted by atomic mass is 10.1. The van der Waals surface area contributed by atoms with E-state index in [0.717, 1.165) is 38.3 Å². The van der Waals surface area contributed by atoms with Gasteiger partial charge in [-0.1, -0.05) is 13.0 Å². The van der Waals surface area contributed by atoms with Gasteiger partial charge in [-0.15, -0.1) is 24.8 Å². The highest BCUT2D eigenvalue weighted by atomic mass is 35.5. The molecule has 2 heterocycles. The molecule has 0 amide bonds. The smallest absolute Gasteiger partial charge is 0.0578 e. The van der Waals surface area contributed by atoms with Gasteiger partial charge in [-0.2, -0.15) is 0 Å². The molecule has 1 aromatic heterocycles. The van der Waals surface area contributed by atoms with Gasteiger partial charge in [-0.05, 0) is 25.5 Å². The number of rotatable bonds is 3. The largest absolute Gasteiger partial charge is 0.314 e. The Bertz CT molecular complexity index is 341. The molecule has 1 aromatic rings. The summed E-state index contributed by atoms with van der Waals surface area (Å²) in [7, 11) is 0. The molecule has 0 saturated carbocycles. The zero-order chi connectivity index (χ0) is 11.4. The molecule has 0 aliphatic carbocycles. The minimum absolute atomic E-state index is 0. The lowest BCUT2D eigenvalue weighted by Gasteiger charge is -2.34. The monoisotopic (exact) mass is 291 g/mol. The number of aromatic nitrogens is 1. The standard InChI is InChI=1S/C13H21N3.2ClH/c1-3-13(16-9-7-14-8-10-16)12-6-4-5-11(2)15-12;;/h4-6,13-14H,3,7-10H2,1-2H3;2*1H/t13-;;/m0../s1. The predicted octanol–water partition coefficient (Wildman–Crippen LogP) is 2.59. The Labute approximate surface area is 122 Å². The summed E-state index contributed by atoms with van der Waals surface area (Å²) in [5.41, 5.74) is 2.34. The van der Waals surface area contributed by atoms with Gasteiger partial charge in [0.05, 0.1) is 11.7 Å². The van der Waals surface area contributed by atoms with Crippen molar-refractivity contribution in [3.63, 3.8) is 0 Å². The molecule has 18 heavy (non-hydrogen) atoms. The first-order valence-corrected chi connectivity index (χ1v) is 6.19. The molecule has 0 bridgehead atoms. The molecular formula is C13H23Cl2N3. The predicted molar refractivity (Wildman–Crippen MR) is 80.9 cm³/mol. The number of hydrogen-bond acceptors (Lipinski definition) is 3. The SMILES string of the molecule is CC[C@@H](c1cccc(C)n1)N1CCNCC1.Cl.Cl. The first-order chi connectivity index (χ1) is 7.81. The Kier molecular flexibility index (Phi) is 8.53. The van der Waals surface area contributed by atoms with Crippen molar-refractivity contribution in [2.75, 3.05) is 26.2 Å². The second-order valence-electron chi connectivity index (χ2n) is 4.41. The second-order valence-corrected chi connectivity index (χ2v) is 4.41. The molecule has 1 atom stereocenters. The van der Waals surface area contributed by atoms with Crippen LogP contribution in [0.5, 0.6) is 0 Å². The molecule has 1 N–H and O–H groups in total. The molecule has 1 aliphatic heterocycles. The van der Waals surface area contributed by atoms with E-state index >= 15 is 0 Å². The highest BCUT2D eigenvalue weighted by Gasteiger charge is 2.21. The van der Waals surface area contributed by atoms with Crippen molar-refractivity contribution >= 4 is 24.8 Å². The number of pyridine rings is 1. The number of aryl methyl sites for hydroxylation is 1. The van der Waals surface area contributed by atoms with Crippen LogP contribution in [0.1, 0.15) is 30.8 Å². The van der Waals surface area contributed by atoms with Crippen molar-refractivity contribution in [2.45, 2.75) is 26.3 Å². The quantitative estimate of drug-likeness (QED) is 0.928. The average molecular weight is 292 g/mol. The molecule has 0 radical (unpaired) electrons. The van der Waals surface area contributed by atoms with E-state index in [1.165, 1.54) is 5.69 Å². The maximum atomic E-state index is 4.66. The molecule has 0 aromatic carbocycles. The maximum Gasteiger partial charge on any atom is 0.0578 e. The van der Waals surface area contributed by atoms with Gasteiger partial charge in [-0.3, -0.25) is 9.88 Å². The topological polar surface area (TPSA) is 28.2 Å². The lowest BCUT2D eigenvalue weighted by Crippen LogP contribution is -2.45. The van der Waals surface area contributed by atoms with Crippen LogP contribution < -0.4 is 5.32 Å². The summed E-state index contributed by atoms with van der Waals surface area (Å²) in [5.74, 6) is 0. The summed E-state index contributed by atoms with van der Waals surface area (Å²) in [6.45, 7) is 8.78. The van der Waals surface area contributed by atoms with Gasteiger partial charge < -0.3 is 5.32 Å². The van der Waals surface area contributed by atoms with Gasteiger partial charge in [0.15, 0.2) is 0 Å². The van der Waals surface area contributed by atoms with Gasteiger partial charge in [0, 0.05) is 31.9 Å². The fraction of sp³-hybridized carbons (Fsp3) is 0.615. The summed E-state index contributed by atoms with van der Waals surface area (Å²) < 4.78 is 0. The van der Waals surface area contributed by atoms with Crippen LogP contribution in [0.4, 0.5) is 0 Å². The minimum Gasteiger partial charge on any atom is -0.314 e. The first kappa shape index (κ1) is 17.6. The molecule has 0 spiro atoms. The van der Waals surface area contributed by atoms with Crippen LogP contribution >= 0.6 is 24.8 Å². The molecule has 0 unspecified atom stereocenters. The van der Waals surface area contributed by atoms with Gasteiger partial charge in [0.2, 0.25) is 0 Å². The number of piperazine rings is 1. The normalized spacial score (nSPS) is 17.4. The van der Waals surface area contributed by atoms with Gasteiger partial charge in [0.25, 0.3) is 0 Å². The zero-order valence-electron chi connectivity index (χ0n) is 11.1. The molecule has 1 saturated heterocycles. The number of halogens is 2. The zero-order valence-corrected chi connectivity index (χ0v) is 12.7. The first-order valence-electron chi connectivity index (χ1n) is 6.19. The fourth-order valence-corrected chi connectivity index (χ4v) is 2.40. The van der Waals surface area contributed by atoms with E-state index in [0.29, 0.717) is 6.04 Å². The minimum atomic E-state index is 0. The van der Waals surface area contributed by atoms with Crippen LogP contribution in [0.2, 0.25) is 0 Å². The Balaban J connectivity index is 0.00000144. The summed E-state index contributed by atoms with van der Waals surface area (Å²) in [6, 6.07) is 6.82. The van der Waals surface area contributed by atoms with E-state index in [9.17, 15) is 0 Å². The molecular weight excluding hydrogens is 269 g/mol. The van der Waals surface area contributed by atoms with Crippen molar-refractivity contribution < 1.29 is 0 Å². The summed E-state index contributed by atoms with van der Waals surface area (Å²) in [5, 5.41) is 3.39. The highest BCUT2D eigenvalue weighted by Crippen LogP contribution is 2.22. The van der Waals surface area contributed by atoms with E-state index in [1.54, 1.807) is 0 Å². The van der Waals surface area contributed by atoms with E-state index in [-0.39, 0.29) is 24.8 Å². The van der Waals surface area contributed by atoms with Crippen molar-refractivity contribution in [1.29, 1.82) is 0 Å². The van der Waals surface area contributed by atoms with Crippen molar-refractivity contribution in [1.82, 2.24) is 15.2 Å². The van der Waals surface area contributed by atoms with E-state index in [1.807, 2.05) is 0 Å². The van der Waals surface area contributed by atoms with E-state index < -0.39 is 0 Å². The third kappa shape index (κ3) is 4.39. The lowest BCUT2D eigenvalue weighted by molar-refractivity contribution is 0.166. The molecule has 5 heteroatoms. The molecule has 2 rings (SSSR count). The van der Waals surface area contributed by atoms with Crippen LogP contribution in [-0.4, -0.2) is 36.1 Å². The van der Waals surface area contributed by atoms with E-state index in [2.05, 4.69) is 47.2 Å². The number of nitrogens with zero attached hydrogens (tertiary/aromatic N) is 2. The third-order valence-corrected chi connectivity index (χ3v) is 3.23. The van der Waals surface area contributed by atoms with Crippen molar-refractivity contribution in [3.05, 3.63) is 29.6 Å². The highest BCUT2D eigenvalue weighted by molar-refractivity contribution is 5.85. The second kappa shape index (κ2) is 8.70. The summed E-state index contributed by atoms with van der Waals surface area (Å²) in [4.78, 5) is 7.20. The molecule has 1 aliphatic rings. The molecule has 104 valence electrons. The Morgan fingerprint density at radius 2 is 1.94 bits per heavy atom. The van der Waals surface area contributed by atoms with Crippen LogP contribution in [0.15, 0.2) is 18.2 Å². The van der Waals surface area contributed by atoms with Crippen molar-refractivity contribution in [3.8, 4) is 0 Å². The Morgan fingerprint density at radius 1 is 1.28 bits per heavy atom. The van der Waals surface area contributed by atoms with Crippen LogP contribution in [-0.2, 0) is 0 Å². The Morgan fingerprint density at radius 3 is 2.50 bits per heavy atom. The number of hydrogen-bond donors (Lipinski definition) is 1.